The van der Waals surface area contributed by atoms with Crippen LogP contribution in [0.1, 0.15) is 36.6 Å². The van der Waals surface area contributed by atoms with Crippen molar-refractivity contribution in [2.45, 2.75) is 26.5 Å². The van der Waals surface area contributed by atoms with Gasteiger partial charge in [0.1, 0.15) is 23.9 Å². The number of hydrogen-bond acceptors (Lipinski definition) is 7. The molecule has 0 unspecified atom stereocenters. The number of thiocarbonyl (C=S) groups is 1. The van der Waals surface area contributed by atoms with Crippen LogP contribution >= 0.6 is 57.4 Å². The van der Waals surface area contributed by atoms with E-state index < -0.39 is 17.9 Å². The molecule has 3 N–H and O–H groups in total. The second kappa shape index (κ2) is 15.4. The van der Waals surface area contributed by atoms with Crippen molar-refractivity contribution in [3.05, 3.63) is 102 Å². The van der Waals surface area contributed by atoms with Crippen LogP contribution in [0.5, 0.6) is 11.5 Å². The van der Waals surface area contributed by atoms with Gasteiger partial charge in [-0.3, -0.25) is 4.79 Å². The third kappa shape index (κ3) is 8.63. The number of hydrazone groups is 1. The molecule has 4 rings (SSSR count). The minimum absolute atomic E-state index is 0.0347. The van der Waals surface area contributed by atoms with Crippen LogP contribution in [0.25, 0.3) is 0 Å². The fraction of sp³-hybridized carbons (Fsp3) is 0.200. The molecule has 1 amide bonds. The fourth-order valence-electron chi connectivity index (χ4n) is 4.20. The molecule has 1 aliphatic heterocycles. The number of ether oxygens (including phenoxy) is 3. The maximum atomic E-state index is 14.1. The number of hydrogen-bond donors (Lipinski definition) is 3. The molecule has 0 aliphatic carbocycles. The number of carbonyl (C=O) groups is 2. The number of esters is 1. The summed E-state index contributed by atoms with van der Waals surface area (Å²) < 4.78 is 32.9. The van der Waals surface area contributed by atoms with Gasteiger partial charge in [0.05, 0.1) is 28.0 Å². The molecule has 0 saturated heterocycles. The first-order chi connectivity index (χ1) is 20.7. The SMILES string of the molecule is CCOC(=O)C1=C(C)NC(=S)N[C@@H]1c1ccccc1OCC(=O)NN=Cc1cc(I)cc(I)c1OCc1ccccc1F. The lowest BCUT2D eigenvalue weighted by Crippen LogP contribution is -2.45. The third-order valence-electron chi connectivity index (χ3n) is 6.11. The minimum atomic E-state index is -0.643. The van der Waals surface area contributed by atoms with Crippen LogP contribution in [0.15, 0.2) is 77.0 Å². The summed E-state index contributed by atoms with van der Waals surface area (Å²) in [6.07, 6.45) is 1.46. The summed E-state index contributed by atoms with van der Waals surface area (Å²) in [6, 6.07) is 16.6. The Balaban J connectivity index is 1.44. The maximum absolute atomic E-state index is 14.1. The summed E-state index contributed by atoms with van der Waals surface area (Å²) in [5, 5.41) is 10.5. The molecule has 1 heterocycles. The van der Waals surface area contributed by atoms with Crippen molar-refractivity contribution < 1.29 is 28.2 Å². The Labute approximate surface area is 280 Å². The predicted octanol–water partition coefficient (Wildman–Crippen LogP) is 5.50. The van der Waals surface area contributed by atoms with E-state index in [-0.39, 0.29) is 25.6 Å². The van der Waals surface area contributed by atoms with Crippen LogP contribution in [0.3, 0.4) is 0 Å². The summed E-state index contributed by atoms with van der Waals surface area (Å²) in [5.74, 6) is -0.452. The van der Waals surface area contributed by atoms with Gasteiger partial charge in [-0.15, -0.1) is 0 Å². The van der Waals surface area contributed by atoms with Gasteiger partial charge in [0.2, 0.25) is 0 Å². The topological polar surface area (TPSA) is 110 Å². The van der Waals surface area contributed by atoms with Gasteiger partial charge in [-0.05, 0) is 95.5 Å². The van der Waals surface area contributed by atoms with E-state index in [2.05, 4.69) is 66.3 Å². The fourth-order valence-corrected chi connectivity index (χ4v) is 6.52. The van der Waals surface area contributed by atoms with E-state index >= 15 is 0 Å². The lowest BCUT2D eigenvalue weighted by molar-refractivity contribution is -0.139. The first-order valence-corrected chi connectivity index (χ1v) is 15.6. The van der Waals surface area contributed by atoms with Crippen LogP contribution in [-0.4, -0.2) is 36.4 Å². The van der Waals surface area contributed by atoms with E-state index in [4.69, 9.17) is 26.4 Å². The smallest absolute Gasteiger partial charge is 0.338 e. The Morgan fingerprint density at radius 2 is 1.86 bits per heavy atom. The quantitative estimate of drug-likeness (QED) is 0.0766. The van der Waals surface area contributed by atoms with E-state index in [1.165, 1.54) is 12.3 Å². The zero-order valence-corrected chi connectivity index (χ0v) is 28.2. The molecule has 0 spiro atoms. The first kappa shape index (κ1) is 32.6. The predicted molar refractivity (Wildman–Crippen MR) is 181 cm³/mol. The van der Waals surface area contributed by atoms with Gasteiger partial charge in [0, 0.05) is 26.0 Å². The Morgan fingerprint density at radius 1 is 1.12 bits per heavy atom. The van der Waals surface area contributed by atoms with Crippen molar-refractivity contribution in [2.75, 3.05) is 13.2 Å². The van der Waals surface area contributed by atoms with Crippen molar-refractivity contribution in [1.82, 2.24) is 16.1 Å². The Morgan fingerprint density at radius 3 is 2.63 bits per heavy atom. The highest BCUT2D eigenvalue weighted by Crippen LogP contribution is 2.33. The second-order valence-electron chi connectivity index (χ2n) is 9.10. The molecular weight excluding hydrogens is 801 g/mol. The number of halogens is 3. The average molecular weight is 828 g/mol. The van der Waals surface area contributed by atoms with Gasteiger partial charge in [-0.1, -0.05) is 36.4 Å². The zero-order chi connectivity index (χ0) is 30.9. The summed E-state index contributed by atoms with van der Waals surface area (Å²) in [6.45, 7) is 3.38. The van der Waals surface area contributed by atoms with Crippen molar-refractivity contribution in [3.63, 3.8) is 0 Å². The van der Waals surface area contributed by atoms with Crippen molar-refractivity contribution >= 4 is 80.6 Å². The van der Waals surface area contributed by atoms with E-state index in [0.29, 0.717) is 44.6 Å². The third-order valence-corrected chi connectivity index (χ3v) is 7.76. The molecule has 0 radical (unpaired) electrons. The number of rotatable bonds is 11. The molecule has 43 heavy (non-hydrogen) atoms. The van der Waals surface area contributed by atoms with Gasteiger partial charge in [0.25, 0.3) is 5.91 Å². The van der Waals surface area contributed by atoms with E-state index in [1.54, 1.807) is 56.3 Å². The summed E-state index contributed by atoms with van der Waals surface area (Å²) in [7, 11) is 0. The Hall–Kier alpha value is -3.31. The van der Waals surface area contributed by atoms with Crippen molar-refractivity contribution in [1.29, 1.82) is 0 Å². The van der Waals surface area contributed by atoms with Gasteiger partial charge in [0.15, 0.2) is 11.7 Å². The normalized spacial score (nSPS) is 14.6. The van der Waals surface area contributed by atoms with Gasteiger partial charge in [-0.2, -0.15) is 5.10 Å². The molecule has 0 bridgehead atoms. The molecule has 3 aromatic rings. The van der Waals surface area contributed by atoms with Gasteiger partial charge in [-0.25, -0.2) is 14.6 Å². The Bertz CT molecular complexity index is 1600. The second-order valence-corrected chi connectivity index (χ2v) is 11.9. The number of carbonyl (C=O) groups excluding carboxylic acids is 2. The van der Waals surface area contributed by atoms with Crippen LogP contribution in [0.2, 0.25) is 0 Å². The molecule has 0 aromatic heterocycles. The number of nitrogens with one attached hydrogen (secondary N) is 3. The highest BCUT2D eigenvalue weighted by molar-refractivity contribution is 14.1. The van der Waals surface area contributed by atoms with E-state index in [0.717, 1.165) is 7.14 Å². The van der Waals surface area contributed by atoms with Crippen molar-refractivity contribution in [3.8, 4) is 11.5 Å². The molecule has 224 valence electrons. The molecular formula is C30H27FI2N4O5S. The number of amides is 1. The standard InChI is InChI=1S/C30H27FI2N4O5S/c1-3-40-29(39)26-17(2)35-30(43)36-27(26)21-9-5-7-11-24(21)41-16-25(38)37-34-14-19-12-20(32)13-23(33)28(19)42-15-18-8-4-6-10-22(18)31/h4-14,27H,3,15-16H2,1-2H3,(H,37,38)(H2,35,36,43)/t27-/m1/s1. The summed E-state index contributed by atoms with van der Waals surface area (Å²) in [4.78, 5) is 25.4. The minimum Gasteiger partial charge on any atom is -0.487 e. The van der Waals surface area contributed by atoms with E-state index in [9.17, 15) is 14.0 Å². The Kier molecular flexibility index (Phi) is 11.7. The van der Waals surface area contributed by atoms with Gasteiger partial charge >= 0.3 is 5.97 Å². The molecule has 1 aliphatic rings. The van der Waals surface area contributed by atoms with Crippen LogP contribution in [0, 0.1) is 13.0 Å². The first-order valence-electron chi connectivity index (χ1n) is 13.0. The molecule has 13 heteroatoms. The monoisotopic (exact) mass is 828 g/mol. The molecule has 0 fully saturated rings. The number of benzene rings is 3. The zero-order valence-electron chi connectivity index (χ0n) is 23.1. The van der Waals surface area contributed by atoms with Crippen LogP contribution in [-0.2, 0) is 20.9 Å². The molecule has 0 saturated carbocycles. The number of nitrogens with zero attached hydrogens (tertiary/aromatic N) is 1. The lowest BCUT2D eigenvalue weighted by Gasteiger charge is -2.30. The van der Waals surface area contributed by atoms with Crippen molar-refractivity contribution in [2.24, 2.45) is 5.10 Å². The average Bonchev–Trinajstić information content (AvgIpc) is 2.96. The van der Waals surface area contributed by atoms with Crippen LogP contribution in [0.4, 0.5) is 4.39 Å². The maximum Gasteiger partial charge on any atom is 0.338 e. The van der Waals surface area contributed by atoms with Crippen LogP contribution < -0.4 is 25.5 Å². The highest BCUT2D eigenvalue weighted by Gasteiger charge is 2.32. The summed E-state index contributed by atoms with van der Waals surface area (Å²) >= 11 is 9.63. The van der Waals surface area contributed by atoms with E-state index in [1.807, 2.05) is 12.1 Å². The molecule has 1 atom stereocenters. The largest absolute Gasteiger partial charge is 0.487 e. The lowest BCUT2D eigenvalue weighted by atomic mass is 9.95. The highest BCUT2D eigenvalue weighted by atomic mass is 127. The molecule has 9 nitrogen and oxygen atoms in total. The summed E-state index contributed by atoms with van der Waals surface area (Å²) in [5.41, 5.74) is 5.03. The number of para-hydroxylation sites is 1. The number of allylic oxidation sites excluding steroid dienone is 1. The molecule has 3 aromatic carbocycles. The van der Waals surface area contributed by atoms with Gasteiger partial charge < -0.3 is 24.8 Å².